The Morgan fingerprint density at radius 3 is 2.52 bits per heavy atom. The van der Waals surface area contributed by atoms with Crippen LogP contribution < -0.4 is 10.5 Å². The maximum absolute atomic E-state index is 12.4. The lowest BCUT2D eigenvalue weighted by Crippen LogP contribution is -2.27. The summed E-state index contributed by atoms with van der Waals surface area (Å²) in [5, 5.41) is 0.920. The molecule has 1 amide bonds. The number of hydrogen-bond acceptors (Lipinski definition) is 3. The molecule has 0 aliphatic rings. The Bertz CT molecular complexity index is 974. The quantitative estimate of drug-likeness (QED) is 0.677. The Morgan fingerprint density at radius 1 is 1.08 bits per heavy atom. The van der Waals surface area contributed by atoms with E-state index in [9.17, 15) is 9.59 Å². The molecule has 0 bridgehead atoms. The van der Waals surface area contributed by atoms with Crippen molar-refractivity contribution in [1.82, 2.24) is 0 Å². The molecule has 3 aromatic rings. The lowest BCUT2D eigenvalue weighted by Gasteiger charge is -2.17. The third-order valence-corrected chi connectivity index (χ3v) is 4.55. The second-order valence-corrected chi connectivity index (χ2v) is 6.28. The molecule has 0 saturated heterocycles. The van der Waals surface area contributed by atoms with Crippen LogP contribution in [0.2, 0.25) is 0 Å². The largest absolute Gasteiger partial charge is 0.423 e. The van der Waals surface area contributed by atoms with Gasteiger partial charge in [0.1, 0.15) is 5.58 Å². The first kappa shape index (κ1) is 17.0. The summed E-state index contributed by atoms with van der Waals surface area (Å²) in [6.07, 6.45) is 0.627. The fourth-order valence-corrected chi connectivity index (χ4v) is 2.99. The minimum absolute atomic E-state index is 0.0333. The minimum Gasteiger partial charge on any atom is -0.423 e. The summed E-state index contributed by atoms with van der Waals surface area (Å²) in [5.74, 6) is -0.0333. The zero-order valence-electron chi connectivity index (χ0n) is 14.7. The van der Waals surface area contributed by atoms with Crippen molar-refractivity contribution in [1.29, 1.82) is 0 Å². The molecular formula is C21H21NO3. The Hall–Kier alpha value is -2.88. The Labute approximate surface area is 146 Å². The molecule has 0 aliphatic carbocycles. The first-order valence-corrected chi connectivity index (χ1v) is 8.32. The first-order chi connectivity index (χ1) is 12.0. The Balaban J connectivity index is 1.82. The van der Waals surface area contributed by atoms with E-state index in [1.54, 1.807) is 11.9 Å². The average molecular weight is 335 g/mol. The molecule has 0 spiro atoms. The summed E-state index contributed by atoms with van der Waals surface area (Å²) >= 11 is 0. The van der Waals surface area contributed by atoms with Gasteiger partial charge in [-0.25, -0.2) is 4.79 Å². The topological polar surface area (TPSA) is 50.5 Å². The number of para-hydroxylation sites is 1. The van der Waals surface area contributed by atoms with Gasteiger partial charge in [-0.2, -0.15) is 0 Å². The lowest BCUT2D eigenvalue weighted by molar-refractivity contribution is -0.118. The standard InChI is InChI=1S/C21H21NO3/c1-14-9-10-17-15(2)18(21(24)25-19(17)13-14)11-12-20(23)22(3)16-7-5-4-6-8-16/h4-10,13H,11-12H2,1-3H3. The summed E-state index contributed by atoms with van der Waals surface area (Å²) in [6.45, 7) is 3.87. The zero-order valence-corrected chi connectivity index (χ0v) is 14.7. The fourth-order valence-electron chi connectivity index (χ4n) is 2.99. The van der Waals surface area contributed by atoms with E-state index in [-0.39, 0.29) is 18.0 Å². The number of amides is 1. The molecule has 2 aromatic carbocycles. The maximum atomic E-state index is 12.4. The van der Waals surface area contributed by atoms with Gasteiger partial charge >= 0.3 is 5.63 Å². The van der Waals surface area contributed by atoms with Crippen molar-refractivity contribution in [2.45, 2.75) is 26.7 Å². The summed E-state index contributed by atoms with van der Waals surface area (Å²) in [7, 11) is 1.75. The zero-order chi connectivity index (χ0) is 18.0. The van der Waals surface area contributed by atoms with Crippen LogP contribution in [0, 0.1) is 13.8 Å². The molecule has 128 valence electrons. The number of anilines is 1. The molecule has 1 heterocycles. The van der Waals surface area contributed by atoms with Crippen molar-refractivity contribution in [2.24, 2.45) is 0 Å². The van der Waals surface area contributed by atoms with Gasteiger partial charge in [-0.15, -0.1) is 0 Å². The van der Waals surface area contributed by atoms with Crippen LogP contribution in [0.25, 0.3) is 11.0 Å². The maximum Gasteiger partial charge on any atom is 0.339 e. The molecule has 0 fully saturated rings. The number of benzene rings is 2. The molecule has 3 rings (SSSR count). The van der Waals surface area contributed by atoms with Crippen molar-refractivity contribution in [3.05, 3.63) is 75.6 Å². The van der Waals surface area contributed by atoms with Gasteiger partial charge in [-0.1, -0.05) is 30.3 Å². The number of carbonyl (C=O) groups is 1. The van der Waals surface area contributed by atoms with Crippen LogP contribution in [0.1, 0.15) is 23.1 Å². The van der Waals surface area contributed by atoms with Crippen molar-refractivity contribution in [3.63, 3.8) is 0 Å². The van der Waals surface area contributed by atoms with Gasteiger partial charge in [0, 0.05) is 30.1 Å². The summed E-state index contributed by atoms with van der Waals surface area (Å²) in [5.41, 5.74) is 3.59. The Morgan fingerprint density at radius 2 is 1.80 bits per heavy atom. The van der Waals surface area contributed by atoms with E-state index in [4.69, 9.17) is 4.42 Å². The highest BCUT2D eigenvalue weighted by Gasteiger charge is 2.15. The van der Waals surface area contributed by atoms with E-state index in [1.807, 2.05) is 62.4 Å². The third-order valence-electron chi connectivity index (χ3n) is 4.55. The third kappa shape index (κ3) is 3.48. The van der Waals surface area contributed by atoms with Gasteiger partial charge in [0.2, 0.25) is 5.91 Å². The molecular weight excluding hydrogens is 314 g/mol. The van der Waals surface area contributed by atoms with Crippen LogP contribution in [-0.2, 0) is 11.2 Å². The smallest absolute Gasteiger partial charge is 0.339 e. The van der Waals surface area contributed by atoms with Crippen molar-refractivity contribution in [3.8, 4) is 0 Å². The van der Waals surface area contributed by atoms with Gasteiger partial charge in [0.05, 0.1) is 0 Å². The molecule has 0 radical (unpaired) electrons. The molecule has 4 heteroatoms. The molecule has 4 nitrogen and oxygen atoms in total. The molecule has 0 aliphatic heterocycles. The molecule has 1 aromatic heterocycles. The van der Waals surface area contributed by atoms with Gasteiger partial charge in [-0.3, -0.25) is 4.79 Å². The number of fused-ring (bicyclic) bond motifs is 1. The molecule has 0 atom stereocenters. The van der Waals surface area contributed by atoms with E-state index in [0.29, 0.717) is 17.6 Å². The second-order valence-electron chi connectivity index (χ2n) is 6.28. The van der Waals surface area contributed by atoms with Crippen LogP contribution in [-0.4, -0.2) is 13.0 Å². The summed E-state index contributed by atoms with van der Waals surface area (Å²) in [6, 6.07) is 15.3. The average Bonchev–Trinajstić information content (AvgIpc) is 2.61. The van der Waals surface area contributed by atoms with Crippen molar-refractivity contribution in [2.75, 3.05) is 11.9 Å². The van der Waals surface area contributed by atoms with Crippen LogP contribution >= 0.6 is 0 Å². The van der Waals surface area contributed by atoms with E-state index in [1.165, 1.54) is 0 Å². The SMILES string of the molecule is Cc1ccc2c(C)c(CCC(=O)N(C)c3ccccc3)c(=O)oc2c1. The number of rotatable bonds is 4. The second kappa shape index (κ2) is 6.93. The first-order valence-electron chi connectivity index (χ1n) is 8.32. The molecule has 0 N–H and O–H groups in total. The van der Waals surface area contributed by atoms with E-state index >= 15 is 0 Å². The minimum atomic E-state index is -0.356. The highest BCUT2D eigenvalue weighted by atomic mass is 16.4. The van der Waals surface area contributed by atoms with Gasteiger partial charge in [0.15, 0.2) is 0 Å². The number of nitrogens with zero attached hydrogens (tertiary/aromatic N) is 1. The van der Waals surface area contributed by atoms with Crippen LogP contribution in [0.5, 0.6) is 0 Å². The number of hydrogen-bond donors (Lipinski definition) is 0. The Kier molecular flexibility index (Phi) is 4.70. The van der Waals surface area contributed by atoms with Crippen molar-refractivity contribution >= 4 is 22.6 Å². The number of carbonyl (C=O) groups excluding carboxylic acids is 1. The van der Waals surface area contributed by atoms with Crippen molar-refractivity contribution < 1.29 is 9.21 Å². The van der Waals surface area contributed by atoms with E-state index in [0.717, 1.165) is 22.2 Å². The van der Waals surface area contributed by atoms with E-state index < -0.39 is 0 Å². The monoisotopic (exact) mass is 335 g/mol. The van der Waals surface area contributed by atoms with Gasteiger partial charge < -0.3 is 9.32 Å². The lowest BCUT2D eigenvalue weighted by atomic mass is 10.0. The summed E-state index contributed by atoms with van der Waals surface area (Å²) in [4.78, 5) is 26.4. The molecule has 0 unspecified atom stereocenters. The van der Waals surface area contributed by atoms with E-state index in [2.05, 4.69) is 0 Å². The van der Waals surface area contributed by atoms with Crippen LogP contribution in [0.3, 0.4) is 0 Å². The van der Waals surface area contributed by atoms with Crippen LogP contribution in [0.15, 0.2) is 57.7 Å². The normalized spacial score (nSPS) is 10.8. The molecule has 25 heavy (non-hydrogen) atoms. The predicted molar refractivity (Wildman–Crippen MR) is 100 cm³/mol. The fraction of sp³-hybridized carbons (Fsp3) is 0.238. The molecule has 0 saturated carbocycles. The highest BCUT2D eigenvalue weighted by molar-refractivity contribution is 5.93. The predicted octanol–water partition coefficient (Wildman–Crippen LogP) is 4.01. The summed E-state index contributed by atoms with van der Waals surface area (Å²) < 4.78 is 5.45. The highest BCUT2D eigenvalue weighted by Crippen LogP contribution is 2.21. The van der Waals surface area contributed by atoms with Crippen LogP contribution in [0.4, 0.5) is 5.69 Å². The van der Waals surface area contributed by atoms with Gasteiger partial charge in [0.25, 0.3) is 0 Å². The number of aryl methyl sites for hydroxylation is 2. The van der Waals surface area contributed by atoms with Gasteiger partial charge in [-0.05, 0) is 49.6 Å².